The lowest BCUT2D eigenvalue weighted by atomic mass is 10.1. The van der Waals surface area contributed by atoms with Gasteiger partial charge in [0.25, 0.3) is 10.0 Å². The van der Waals surface area contributed by atoms with Crippen molar-refractivity contribution in [2.75, 3.05) is 18.0 Å². The number of rotatable bonds is 7. The van der Waals surface area contributed by atoms with Gasteiger partial charge in [-0.15, -0.1) is 11.3 Å². The summed E-state index contributed by atoms with van der Waals surface area (Å²) >= 11 is 2.64. The molecule has 1 fully saturated rings. The summed E-state index contributed by atoms with van der Waals surface area (Å²) in [6.45, 7) is 5.22. The third-order valence-electron chi connectivity index (χ3n) is 5.97. The summed E-state index contributed by atoms with van der Waals surface area (Å²) in [5.41, 5.74) is 3.07. The van der Waals surface area contributed by atoms with Gasteiger partial charge in [0, 0.05) is 25.5 Å². The van der Waals surface area contributed by atoms with Crippen LogP contribution in [0.2, 0.25) is 0 Å². The molecule has 1 aromatic carbocycles. The van der Waals surface area contributed by atoms with Gasteiger partial charge >= 0.3 is 0 Å². The molecule has 0 aliphatic carbocycles. The third kappa shape index (κ3) is 4.28. The number of fused-ring (bicyclic) bond motifs is 1. The lowest BCUT2D eigenvalue weighted by molar-refractivity contribution is -0.121. The van der Waals surface area contributed by atoms with Gasteiger partial charge in [0.2, 0.25) is 5.91 Å². The predicted molar refractivity (Wildman–Crippen MR) is 135 cm³/mol. The van der Waals surface area contributed by atoms with Crippen molar-refractivity contribution in [2.45, 2.75) is 43.5 Å². The zero-order chi connectivity index (χ0) is 23.9. The normalized spacial score (nSPS) is 16.9. The molecule has 3 aromatic heterocycles. The highest BCUT2D eigenvalue weighted by Gasteiger charge is 2.42. The third-order valence-corrected chi connectivity index (χ3v) is 10.3. The molecule has 1 aliphatic heterocycles. The van der Waals surface area contributed by atoms with Crippen molar-refractivity contribution >= 4 is 54.0 Å². The predicted octanol–water partition coefficient (Wildman–Crippen LogP) is 4.06. The minimum absolute atomic E-state index is 0.238. The average molecular weight is 516 g/mol. The molecule has 0 spiro atoms. The molecule has 1 atom stereocenters. The summed E-state index contributed by atoms with van der Waals surface area (Å²) in [5.74, 6) is -0.238. The monoisotopic (exact) mass is 515 g/mol. The SMILES string of the molecule is Cc1cc(C)c2nc(N(CCn3cccn3)C(=O)C3CCCN3S(=O)(=O)c3cccs3)sc2c1. The van der Waals surface area contributed by atoms with Crippen LogP contribution < -0.4 is 4.90 Å². The highest BCUT2D eigenvalue weighted by Crippen LogP contribution is 2.34. The molecule has 1 amide bonds. The Morgan fingerprint density at radius 1 is 1.26 bits per heavy atom. The van der Waals surface area contributed by atoms with E-state index < -0.39 is 16.1 Å². The van der Waals surface area contributed by atoms with Crippen molar-refractivity contribution in [3.63, 3.8) is 0 Å². The Bertz CT molecular complexity index is 1410. The Labute approximate surface area is 206 Å². The number of sulfonamides is 1. The molecule has 34 heavy (non-hydrogen) atoms. The number of thiazole rings is 1. The van der Waals surface area contributed by atoms with Crippen molar-refractivity contribution in [3.05, 3.63) is 59.2 Å². The smallest absolute Gasteiger partial charge is 0.253 e. The number of aromatic nitrogens is 3. The number of amides is 1. The number of carbonyl (C=O) groups excluding carboxylic acids is 1. The van der Waals surface area contributed by atoms with E-state index in [1.807, 2.05) is 26.1 Å². The Morgan fingerprint density at radius 3 is 2.85 bits per heavy atom. The fraction of sp³-hybridized carbons (Fsp3) is 0.348. The molecule has 0 N–H and O–H groups in total. The highest BCUT2D eigenvalue weighted by atomic mass is 32.2. The van der Waals surface area contributed by atoms with E-state index in [1.54, 1.807) is 33.3 Å². The van der Waals surface area contributed by atoms with Crippen LogP contribution in [-0.2, 0) is 21.4 Å². The lowest BCUT2D eigenvalue weighted by Crippen LogP contribution is -2.48. The van der Waals surface area contributed by atoms with Crippen LogP contribution in [0.4, 0.5) is 5.13 Å². The van der Waals surface area contributed by atoms with Gasteiger partial charge in [0.15, 0.2) is 5.13 Å². The molecule has 178 valence electrons. The topological polar surface area (TPSA) is 88.4 Å². The minimum atomic E-state index is -3.73. The maximum Gasteiger partial charge on any atom is 0.253 e. The Balaban J connectivity index is 1.50. The van der Waals surface area contributed by atoms with Gasteiger partial charge in [-0.1, -0.05) is 23.5 Å². The molecule has 0 radical (unpaired) electrons. The lowest BCUT2D eigenvalue weighted by Gasteiger charge is -2.28. The summed E-state index contributed by atoms with van der Waals surface area (Å²) in [4.78, 5) is 20.4. The Morgan fingerprint density at radius 2 is 2.12 bits per heavy atom. The molecule has 4 heterocycles. The van der Waals surface area contributed by atoms with Crippen LogP contribution in [0.15, 0.2) is 52.3 Å². The molecule has 1 unspecified atom stereocenters. The highest BCUT2D eigenvalue weighted by molar-refractivity contribution is 7.91. The number of thiophene rings is 1. The van der Waals surface area contributed by atoms with E-state index in [1.165, 1.54) is 27.0 Å². The molecular formula is C23H25N5O3S3. The zero-order valence-corrected chi connectivity index (χ0v) is 21.4. The van der Waals surface area contributed by atoms with Gasteiger partial charge in [0.1, 0.15) is 10.3 Å². The number of aryl methyl sites for hydroxylation is 2. The van der Waals surface area contributed by atoms with Crippen LogP contribution in [-0.4, -0.2) is 52.5 Å². The Kier molecular flexibility index (Phi) is 6.28. The first-order valence-corrected chi connectivity index (χ1v) is 14.2. The van der Waals surface area contributed by atoms with Crippen molar-refractivity contribution in [3.8, 4) is 0 Å². The van der Waals surface area contributed by atoms with Crippen molar-refractivity contribution in [1.82, 2.24) is 19.1 Å². The zero-order valence-electron chi connectivity index (χ0n) is 18.9. The number of anilines is 1. The first-order valence-electron chi connectivity index (χ1n) is 11.1. The van der Waals surface area contributed by atoms with Crippen LogP contribution >= 0.6 is 22.7 Å². The second-order valence-electron chi connectivity index (χ2n) is 8.39. The molecule has 0 saturated carbocycles. The fourth-order valence-corrected chi connectivity index (χ4v) is 8.33. The standard InChI is InChI=1S/C23H25N5O3S3/c1-16-14-17(2)21-19(15-16)33-23(25-21)27(12-11-26-9-5-8-24-26)22(29)18-6-3-10-28(18)34(30,31)20-7-4-13-32-20/h4-5,7-9,13-15,18H,3,6,10-12H2,1-2H3. The quantitative estimate of drug-likeness (QED) is 0.370. The van der Waals surface area contributed by atoms with Crippen LogP contribution in [0.1, 0.15) is 24.0 Å². The van der Waals surface area contributed by atoms with Gasteiger partial charge in [-0.25, -0.2) is 13.4 Å². The molecule has 11 heteroatoms. The van der Waals surface area contributed by atoms with Gasteiger partial charge < -0.3 is 0 Å². The molecular weight excluding hydrogens is 490 g/mol. The summed E-state index contributed by atoms with van der Waals surface area (Å²) in [7, 11) is -3.73. The Hall–Kier alpha value is -2.60. The molecule has 5 rings (SSSR count). The van der Waals surface area contributed by atoms with Crippen molar-refractivity contribution < 1.29 is 13.2 Å². The van der Waals surface area contributed by atoms with E-state index in [2.05, 4.69) is 17.2 Å². The molecule has 4 aromatic rings. The largest absolute Gasteiger partial charge is 0.285 e. The second kappa shape index (κ2) is 9.21. The fourth-order valence-electron chi connectivity index (χ4n) is 4.39. The molecule has 0 bridgehead atoms. The van der Waals surface area contributed by atoms with E-state index in [0.29, 0.717) is 37.6 Å². The summed E-state index contributed by atoms with van der Waals surface area (Å²) < 4.78 is 31.0. The number of nitrogens with zero attached hydrogens (tertiary/aromatic N) is 5. The van der Waals surface area contributed by atoms with E-state index in [-0.39, 0.29) is 10.1 Å². The minimum Gasteiger partial charge on any atom is -0.285 e. The molecule has 1 saturated heterocycles. The second-order valence-corrected chi connectivity index (χ2v) is 12.5. The number of hydrogen-bond acceptors (Lipinski definition) is 7. The summed E-state index contributed by atoms with van der Waals surface area (Å²) in [5, 5.41) is 6.57. The van der Waals surface area contributed by atoms with E-state index in [0.717, 1.165) is 21.3 Å². The number of hydrogen-bond donors (Lipinski definition) is 0. The van der Waals surface area contributed by atoms with Crippen molar-refractivity contribution in [2.24, 2.45) is 0 Å². The first-order chi connectivity index (χ1) is 16.3. The molecule has 8 nitrogen and oxygen atoms in total. The van der Waals surface area contributed by atoms with Crippen molar-refractivity contribution in [1.29, 1.82) is 0 Å². The summed E-state index contributed by atoms with van der Waals surface area (Å²) in [6.07, 6.45) is 4.68. The van der Waals surface area contributed by atoms with Crippen LogP contribution in [0, 0.1) is 13.8 Å². The molecule has 1 aliphatic rings. The van der Waals surface area contributed by atoms with E-state index in [9.17, 15) is 13.2 Å². The average Bonchev–Trinajstić information content (AvgIpc) is 3.61. The number of carbonyl (C=O) groups is 1. The van der Waals surface area contributed by atoms with E-state index in [4.69, 9.17) is 4.98 Å². The van der Waals surface area contributed by atoms with Crippen LogP contribution in [0.25, 0.3) is 10.2 Å². The maximum atomic E-state index is 13.9. The van der Waals surface area contributed by atoms with Crippen LogP contribution in [0.3, 0.4) is 0 Å². The van der Waals surface area contributed by atoms with E-state index >= 15 is 0 Å². The van der Waals surface area contributed by atoms with Gasteiger partial charge in [0.05, 0.1) is 16.8 Å². The van der Waals surface area contributed by atoms with Gasteiger partial charge in [-0.2, -0.15) is 9.40 Å². The number of benzene rings is 1. The van der Waals surface area contributed by atoms with Gasteiger partial charge in [-0.3, -0.25) is 14.4 Å². The summed E-state index contributed by atoms with van der Waals surface area (Å²) in [6, 6.07) is 8.54. The van der Waals surface area contributed by atoms with Crippen LogP contribution in [0.5, 0.6) is 0 Å². The maximum absolute atomic E-state index is 13.9. The van der Waals surface area contributed by atoms with Gasteiger partial charge in [-0.05, 0) is 61.4 Å². The first kappa shape index (κ1) is 23.2.